The Balaban J connectivity index is 1.53. The van der Waals surface area contributed by atoms with E-state index in [4.69, 9.17) is 4.99 Å². The lowest BCUT2D eigenvalue weighted by atomic mass is 9.99. The molecule has 0 aromatic heterocycles. The van der Waals surface area contributed by atoms with Gasteiger partial charge in [0.1, 0.15) is 0 Å². The first-order valence-electron chi connectivity index (χ1n) is 13.7. The van der Waals surface area contributed by atoms with Crippen LogP contribution < -0.4 is 15.5 Å². The zero-order valence-electron chi connectivity index (χ0n) is 23.1. The second-order valence-electron chi connectivity index (χ2n) is 9.93. The maximum Gasteiger partial charge on any atom is 0.321 e. The first-order valence-corrected chi connectivity index (χ1v) is 13.7. The highest BCUT2D eigenvalue weighted by atomic mass is 16.2. The third-order valence-corrected chi connectivity index (χ3v) is 7.06. The molecule has 1 unspecified atom stereocenters. The van der Waals surface area contributed by atoms with Gasteiger partial charge in [-0.2, -0.15) is 0 Å². The summed E-state index contributed by atoms with van der Waals surface area (Å²) < 4.78 is 0. The number of carbonyl (C=O) groups excluding carboxylic acids is 3. The van der Waals surface area contributed by atoms with Gasteiger partial charge in [-0.15, -0.1) is 0 Å². The fourth-order valence-corrected chi connectivity index (χ4v) is 5.04. The molecule has 1 aliphatic rings. The number of anilines is 2. The van der Waals surface area contributed by atoms with Gasteiger partial charge < -0.3 is 15.5 Å². The Morgan fingerprint density at radius 2 is 1.54 bits per heavy atom. The number of nitrogens with zero attached hydrogens (tertiary/aromatic N) is 2. The molecular weight excluding hydrogens is 512 g/mol. The van der Waals surface area contributed by atoms with Crippen molar-refractivity contribution in [2.45, 2.75) is 32.9 Å². The number of fused-ring (bicyclic) bond motifs is 1. The van der Waals surface area contributed by atoms with Crippen LogP contribution >= 0.6 is 0 Å². The van der Waals surface area contributed by atoms with Crippen molar-refractivity contribution in [3.8, 4) is 0 Å². The van der Waals surface area contributed by atoms with Crippen LogP contribution in [0.3, 0.4) is 0 Å². The van der Waals surface area contributed by atoms with Crippen molar-refractivity contribution < 1.29 is 14.4 Å². The molecule has 3 amide bonds. The number of benzene rings is 4. The van der Waals surface area contributed by atoms with E-state index in [-0.39, 0.29) is 12.3 Å². The summed E-state index contributed by atoms with van der Waals surface area (Å²) in [6, 6.07) is 31.2. The minimum Gasteiger partial charge on any atom is -0.308 e. The fourth-order valence-electron chi connectivity index (χ4n) is 5.04. The molecule has 1 heterocycles. The van der Waals surface area contributed by atoms with Gasteiger partial charge in [0.05, 0.1) is 17.9 Å². The average Bonchev–Trinajstić information content (AvgIpc) is 3.09. The lowest BCUT2D eigenvalue weighted by Gasteiger charge is -2.25. The van der Waals surface area contributed by atoms with Crippen LogP contribution in [-0.4, -0.2) is 36.1 Å². The lowest BCUT2D eigenvalue weighted by Crippen LogP contribution is -2.50. The Morgan fingerprint density at radius 1 is 0.854 bits per heavy atom. The summed E-state index contributed by atoms with van der Waals surface area (Å²) in [6.45, 7) is 3.75. The molecule has 0 saturated heterocycles. The number of nitrogens with one attached hydrogen (secondary N) is 2. The average molecular weight is 545 g/mol. The lowest BCUT2D eigenvalue weighted by molar-refractivity contribution is -0.120. The van der Waals surface area contributed by atoms with Crippen molar-refractivity contribution in [3.05, 3.63) is 131 Å². The summed E-state index contributed by atoms with van der Waals surface area (Å²) in [4.78, 5) is 47.1. The number of benzodiazepines with no additional fused rings is 1. The molecule has 7 heteroatoms. The zero-order valence-corrected chi connectivity index (χ0v) is 23.1. The minimum atomic E-state index is -1.26. The number of ketones is 1. The second-order valence-corrected chi connectivity index (χ2v) is 9.93. The highest BCUT2D eigenvalue weighted by Crippen LogP contribution is 2.29. The Hall–Kier alpha value is -5.04. The van der Waals surface area contributed by atoms with E-state index in [0.29, 0.717) is 28.2 Å². The first kappa shape index (κ1) is 27.5. The summed E-state index contributed by atoms with van der Waals surface area (Å²) >= 11 is 0. The van der Waals surface area contributed by atoms with Crippen LogP contribution in [0.1, 0.15) is 46.0 Å². The number of hydrogen-bond donors (Lipinski definition) is 2. The third kappa shape index (κ3) is 6.09. The SMILES string of the molecule is CCCc1ccccc1NC(=O)NC1N=C(c2ccccc2)c2ccccc2N(CC(=O)c2ccccc2C)C1=O. The van der Waals surface area contributed by atoms with Crippen LogP contribution in [0.15, 0.2) is 108 Å². The molecule has 0 bridgehead atoms. The highest BCUT2D eigenvalue weighted by Gasteiger charge is 2.34. The summed E-state index contributed by atoms with van der Waals surface area (Å²) in [6.07, 6.45) is 0.466. The fraction of sp³-hybridized carbons (Fsp3) is 0.176. The quantitative estimate of drug-likeness (QED) is 0.260. The summed E-state index contributed by atoms with van der Waals surface area (Å²) in [7, 11) is 0. The number of hydrogen-bond acceptors (Lipinski definition) is 4. The summed E-state index contributed by atoms with van der Waals surface area (Å²) in [5.41, 5.74) is 5.65. The molecule has 2 N–H and O–H groups in total. The van der Waals surface area contributed by atoms with E-state index in [1.165, 1.54) is 4.90 Å². The number of aliphatic imine (C=N–C) groups is 1. The Morgan fingerprint density at radius 3 is 2.32 bits per heavy atom. The highest BCUT2D eigenvalue weighted by molar-refractivity contribution is 6.21. The molecule has 0 radical (unpaired) electrons. The predicted octanol–water partition coefficient (Wildman–Crippen LogP) is 6.16. The van der Waals surface area contributed by atoms with Crippen molar-refractivity contribution in [1.82, 2.24) is 5.32 Å². The molecule has 0 spiro atoms. The number of aryl methyl sites for hydroxylation is 2. The molecule has 1 aliphatic heterocycles. The molecule has 4 aromatic rings. The molecule has 206 valence electrons. The van der Waals surface area contributed by atoms with E-state index in [1.54, 1.807) is 18.2 Å². The van der Waals surface area contributed by atoms with Crippen molar-refractivity contribution in [1.29, 1.82) is 0 Å². The molecule has 41 heavy (non-hydrogen) atoms. The predicted molar refractivity (Wildman–Crippen MR) is 163 cm³/mol. The van der Waals surface area contributed by atoms with Gasteiger partial charge in [0.25, 0.3) is 5.91 Å². The number of carbonyl (C=O) groups is 3. The molecule has 0 saturated carbocycles. The molecule has 0 fully saturated rings. The molecule has 7 nitrogen and oxygen atoms in total. The van der Waals surface area contributed by atoms with Crippen LogP contribution in [0.2, 0.25) is 0 Å². The van der Waals surface area contributed by atoms with E-state index in [0.717, 1.165) is 29.5 Å². The van der Waals surface area contributed by atoms with Crippen LogP contribution in [0.5, 0.6) is 0 Å². The minimum absolute atomic E-state index is 0.197. The van der Waals surface area contributed by atoms with Crippen LogP contribution in [0.25, 0.3) is 0 Å². The van der Waals surface area contributed by atoms with E-state index in [9.17, 15) is 14.4 Å². The van der Waals surface area contributed by atoms with Gasteiger partial charge in [-0.1, -0.05) is 104 Å². The van der Waals surface area contributed by atoms with E-state index in [2.05, 4.69) is 17.6 Å². The van der Waals surface area contributed by atoms with Gasteiger partial charge in [-0.25, -0.2) is 9.79 Å². The maximum atomic E-state index is 14.1. The number of para-hydroxylation sites is 2. The first-order chi connectivity index (χ1) is 20.0. The number of amides is 3. The molecule has 4 aromatic carbocycles. The molecule has 0 aliphatic carbocycles. The second kappa shape index (κ2) is 12.4. The van der Waals surface area contributed by atoms with Gasteiger partial charge in [0.15, 0.2) is 5.78 Å². The van der Waals surface area contributed by atoms with E-state index >= 15 is 0 Å². The van der Waals surface area contributed by atoms with Gasteiger partial charge in [-0.3, -0.25) is 9.59 Å². The van der Waals surface area contributed by atoms with E-state index in [1.807, 2.05) is 91.9 Å². The number of Topliss-reactive ketones (excluding diaryl/α,β-unsaturated/α-hetero) is 1. The van der Waals surface area contributed by atoms with Crippen LogP contribution in [0, 0.1) is 6.92 Å². The Labute approximate surface area is 239 Å². The molecule has 1 atom stereocenters. The van der Waals surface area contributed by atoms with Crippen LogP contribution in [-0.2, 0) is 11.2 Å². The van der Waals surface area contributed by atoms with Crippen molar-refractivity contribution in [3.63, 3.8) is 0 Å². The van der Waals surface area contributed by atoms with Crippen LogP contribution in [0.4, 0.5) is 16.2 Å². The maximum absolute atomic E-state index is 14.1. The number of urea groups is 1. The van der Waals surface area contributed by atoms with E-state index < -0.39 is 18.1 Å². The normalized spacial score (nSPS) is 14.5. The standard InChI is InChI=1S/C34H32N4O3/c1-3-13-24-15-8-11-20-28(24)35-34(41)37-32-33(40)38(22-30(39)26-18-9-7-14-23(26)2)29-21-12-10-19-27(29)31(36-32)25-16-5-4-6-17-25/h4-12,14-21,32H,3,13,22H2,1-2H3,(H2,35,37,41). The van der Waals surface area contributed by atoms with Crippen molar-refractivity contribution >= 4 is 34.8 Å². The summed E-state index contributed by atoms with van der Waals surface area (Å²) in [5, 5.41) is 5.67. The van der Waals surface area contributed by atoms with Crippen molar-refractivity contribution in [2.24, 2.45) is 4.99 Å². The monoisotopic (exact) mass is 544 g/mol. The summed E-state index contributed by atoms with van der Waals surface area (Å²) in [5.74, 6) is -0.701. The molecule has 5 rings (SSSR count). The van der Waals surface area contributed by atoms with Gasteiger partial charge in [0.2, 0.25) is 6.17 Å². The largest absolute Gasteiger partial charge is 0.321 e. The topological polar surface area (TPSA) is 90.9 Å². The van der Waals surface area contributed by atoms with Crippen molar-refractivity contribution in [2.75, 3.05) is 16.8 Å². The zero-order chi connectivity index (χ0) is 28.8. The smallest absolute Gasteiger partial charge is 0.308 e. The van der Waals surface area contributed by atoms with Gasteiger partial charge in [-0.05, 0) is 36.6 Å². The van der Waals surface area contributed by atoms with Gasteiger partial charge >= 0.3 is 6.03 Å². The number of rotatable bonds is 8. The molecular formula is C34H32N4O3. The Kier molecular flexibility index (Phi) is 8.34. The Bertz CT molecular complexity index is 1610. The van der Waals surface area contributed by atoms with Gasteiger partial charge in [0, 0.05) is 22.4 Å². The third-order valence-electron chi connectivity index (χ3n) is 7.06.